The highest BCUT2D eigenvalue weighted by Gasteiger charge is 2.26. The molecule has 2 heterocycles. The highest BCUT2D eigenvalue weighted by molar-refractivity contribution is 5.01. The van der Waals surface area contributed by atoms with Gasteiger partial charge in [0.2, 0.25) is 5.89 Å². The van der Waals surface area contributed by atoms with Gasteiger partial charge >= 0.3 is 0 Å². The summed E-state index contributed by atoms with van der Waals surface area (Å²) in [6, 6.07) is 0.389. The van der Waals surface area contributed by atoms with Crippen LogP contribution in [0.25, 0.3) is 0 Å². The Morgan fingerprint density at radius 1 is 1.53 bits per heavy atom. The van der Waals surface area contributed by atoms with Crippen molar-refractivity contribution in [3.05, 3.63) is 17.8 Å². The van der Waals surface area contributed by atoms with Gasteiger partial charge in [0.25, 0.3) is 0 Å². The first-order valence-corrected chi connectivity index (χ1v) is 6.73. The average Bonchev–Trinajstić information content (AvgIpc) is 2.85. The van der Waals surface area contributed by atoms with Crippen molar-refractivity contribution in [2.45, 2.75) is 45.1 Å². The summed E-state index contributed by atoms with van der Waals surface area (Å²) < 4.78 is 5.64. The number of likely N-dealkylation sites (tertiary alicyclic amines) is 1. The Morgan fingerprint density at radius 3 is 3.18 bits per heavy atom. The zero-order valence-corrected chi connectivity index (χ0v) is 10.7. The number of piperidine rings is 1. The standard InChI is InChI=1S/C13H23N3O/c1-2-16-9-4-3-7-12(16)13-15-11(10-17-13)6-5-8-14/h10,12H,2-9,14H2,1H3. The molecule has 2 N–H and O–H groups in total. The Balaban J connectivity index is 2.02. The summed E-state index contributed by atoms with van der Waals surface area (Å²) in [4.78, 5) is 7.07. The second-order valence-electron chi connectivity index (χ2n) is 4.71. The Bertz CT molecular complexity index is 337. The van der Waals surface area contributed by atoms with Gasteiger partial charge in [-0.05, 0) is 45.3 Å². The zero-order valence-electron chi connectivity index (χ0n) is 10.7. The monoisotopic (exact) mass is 237 g/mol. The molecular formula is C13H23N3O. The fraction of sp³-hybridized carbons (Fsp3) is 0.769. The van der Waals surface area contributed by atoms with Gasteiger partial charge in [-0.3, -0.25) is 4.90 Å². The molecule has 0 aliphatic carbocycles. The number of oxazole rings is 1. The number of aromatic nitrogens is 1. The Hall–Kier alpha value is -0.870. The topological polar surface area (TPSA) is 55.3 Å². The van der Waals surface area contributed by atoms with Crippen molar-refractivity contribution < 1.29 is 4.42 Å². The molecule has 1 aliphatic heterocycles. The lowest BCUT2D eigenvalue weighted by Gasteiger charge is -2.32. The first kappa shape index (κ1) is 12.6. The molecule has 17 heavy (non-hydrogen) atoms. The molecule has 0 radical (unpaired) electrons. The van der Waals surface area contributed by atoms with Gasteiger partial charge in [-0.2, -0.15) is 0 Å². The average molecular weight is 237 g/mol. The van der Waals surface area contributed by atoms with Crippen LogP contribution in [0.1, 0.15) is 50.2 Å². The van der Waals surface area contributed by atoms with Crippen molar-refractivity contribution in [2.24, 2.45) is 5.73 Å². The van der Waals surface area contributed by atoms with E-state index in [1.165, 1.54) is 25.8 Å². The first-order valence-electron chi connectivity index (χ1n) is 6.73. The highest BCUT2D eigenvalue weighted by Crippen LogP contribution is 2.29. The maximum Gasteiger partial charge on any atom is 0.211 e. The fourth-order valence-corrected chi connectivity index (χ4v) is 2.52. The van der Waals surface area contributed by atoms with E-state index in [-0.39, 0.29) is 0 Å². The van der Waals surface area contributed by atoms with Crippen LogP contribution in [0.15, 0.2) is 10.7 Å². The minimum Gasteiger partial charge on any atom is -0.447 e. The van der Waals surface area contributed by atoms with Gasteiger partial charge in [0.1, 0.15) is 6.26 Å². The molecule has 0 spiro atoms. The predicted molar refractivity (Wildman–Crippen MR) is 67.7 cm³/mol. The lowest BCUT2D eigenvalue weighted by atomic mass is 10.0. The van der Waals surface area contributed by atoms with Crippen LogP contribution in [0.3, 0.4) is 0 Å². The molecule has 4 heteroatoms. The predicted octanol–water partition coefficient (Wildman–Crippen LogP) is 2.11. The molecule has 0 amide bonds. The smallest absolute Gasteiger partial charge is 0.211 e. The van der Waals surface area contributed by atoms with Crippen LogP contribution >= 0.6 is 0 Å². The highest BCUT2D eigenvalue weighted by atomic mass is 16.3. The molecule has 1 fully saturated rings. The van der Waals surface area contributed by atoms with E-state index in [1.807, 2.05) is 0 Å². The van der Waals surface area contributed by atoms with Gasteiger partial charge in [-0.1, -0.05) is 13.3 Å². The second-order valence-corrected chi connectivity index (χ2v) is 4.71. The number of aryl methyl sites for hydroxylation is 1. The molecule has 1 atom stereocenters. The number of rotatable bonds is 5. The van der Waals surface area contributed by atoms with Crippen LogP contribution < -0.4 is 5.73 Å². The summed E-state index contributed by atoms with van der Waals surface area (Å²) in [7, 11) is 0. The Kier molecular flexibility index (Phi) is 4.57. The normalized spacial score (nSPS) is 21.9. The molecule has 96 valence electrons. The minimum atomic E-state index is 0.389. The van der Waals surface area contributed by atoms with Gasteiger partial charge in [0, 0.05) is 0 Å². The van der Waals surface area contributed by atoms with Crippen molar-refractivity contribution in [1.82, 2.24) is 9.88 Å². The van der Waals surface area contributed by atoms with E-state index in [9.17, 15) is 0 Å². The van der Waals surface area contributed by atoms with Gasteiger partial charge in [0.15, 0.2) is 0 Å². The molecule has 1 aromatic heterocycles. The molecular weight excluding hydrogens is 214 g/mol. The van der Waals surface area contributed by atoms with E-state index >= 15 is 0 Å². The second kappa shape index (κ2) is 6.17. The summed E-state index contributed by atoms with van der Waals surface area (Å²) in [5.41, 5.74) is 6.55. The van der Waals surface area contributed by atoms with Crippen LogP contribution in [0.5, 0.6) is 0 Å². The maximum atomic E-state index is 5.64. The van der Waals surface area contributed by atoms with Gasteiger partial charge in [-0.25, -0.2) is 4.98 Å². The third-order valence-corrected chi connectivity index (χ3v) is 3.51. The van der Waals surface area contributed by atoms with Crippen molar-refractivity contribution in [2.75, 3.05) is 19.6 Å². The quantitative estimate of drug-likeness (QED) is 0.852. The van der Waals surface area contributed by atoms with Crippen LogP contribution in [0.2, 0.25) is 0 Å². The third-order valence-electron chi connectivity index (χ3n) is 3.51. The van der Waals surface area contributed by atoms with Crippen LogP contribution in [0, 0.1) is 0 Å². The lowest BCUT2D eigenvalue weighted by Crippen LogP contribution is -2.33. The van der Waals surface area contributed by atoms with Crippen molar-refractivity contribution in [3.8, 4) is 0 Å². The zero-order chi connectivity index (χ0) is 12.1. The summed E-state index contributed by atoms with van der Waals surface area (Å²) >= 11 is 0. The Labute approximate surface area is 103 Å². The largest absolute Gasteiger partial charge is 0.447 e. The third kappa shape index (κ3) is 3.07. The number of nitrogens with two attached hydrogens (primary N) is 1. The molecule has 1 unspecified atom stereocenters. The lowest BCUT2D eigenvalue weighted by molar-refractivity contribution is 0.133. The van der Waals surface area contributed by atoms with E-state index in [2.05, 4.69) is 16.8 Å². The molecule has 0 aromatic carbocycles. The molecule has 1 aliphatic rings. The van der Waals surface area contributed by atoms with E-state index in [0.717, 1.165) is 31.0 Å². The van der Waals surface area contributed by atoms with E-state index in [0.29, 0.717) is 12.6 Å². The molecule has 1 saturated heterocycles. The SMILES string of the molecule is CCN1CCCCC1c1nc(CCCN)co1. The van der Waals surface area contributed by atoms with Crippen molar-refractivity contribution in [1.29, 1.82) is 0 Å². The maximum absolute atomic E-state index is 5.64. The van der Waals surface area contributed by atoms with E-state index in [4.69, 9.17) is 10.2 Å². The summed E-state index contributed by atoms with van der Waals surface area (Å²) in [5.74, 6) is 0.901. The molecule has 1 aromatic rings. The van der Waals surface area contributed by atoms with Crippen LogP contribution in [-0.2, 0) is 6.42 Å². The molecule has 2 rings (SSSR count). The van der Waals surface area contributed by atoms with Crippen molar-refractivity contribution >= 4 is 0 Å². The van der Waals surface area contributed by atoms with Gasteiger partial charge in [0.05, 0.1) is 11.7 Å². The van der Waals surface area contributed by atoms with Gasteiger partial charge in [-0.15, -0.1) is 0 Å². The van der Waals surface area contributed by atoms with Gasteiger partial charge < -0.3 is 10.2 Å². The number of hydrogen-bond donors (Lipinski definition) is 1. The summed E-state index contributed by atoms with van der Waals surface area (Å²) in [6.45, 7) is 5.16. The van der Waals surface area contributed by atoms with E-state index in [1.54, 1.807) is 6.26 Å². The molecule has 0 saturated carbocycles. The van der Waals surface area contributed by atoms with Crippen LogP contribution in [0.4, 0.5) is 0 Å². The summed E-state index contributed by atoms with van der Waals surface area (Å²) in [6.07, 6.45) is 7.46. The van der Waals surface area contributed by atoms with Crippen molar-refractivity contribution in [3.63, 3.8) is 0 Å². The fourth-order valence-electron chi connectivity index (χ4n) is 2.52. The molecule has 0 bridgehead atoms. The minimum absolute atomic E-state index is 0.389. The molecule has 4 nitrogen and oxygen atoms in total. The van der Waals surface area contributed by atoms with Crippen LogP contribution in [-0.4, -0.2) is 29.5 Å². The Morgan fingerprint density at radius 2 is 2.41 bits per heavy atom. The number of hydrogen-bond acceptors (Lipinski definition) is 4. The number of nitrogens with zero attached hydrogens (tertiary/aromatic N) is 2. The summed E-state index contributed by atoms with van der Waals surface area (Å²) in [5, 5.41) is 0. The first-order chi connectivity index (χ1) is 8.35. The van der Waals surface area contributed by atoms with E-state index < -0.39 is 0 Å².